The van der Waals surface area contributed by atoms with Crippen LogP contribution in [0.4, 0.5) is 16.0 Å². The van der Waals surface area contributed by atoms with Gasteiger partial charge in [-0.1, -0.05) is 19.1 Å². The van der Waals surface area contributed by atoms with E-state index in [0.717, 1.165) is 12.0 Å². The number of nitrogens with one attached hydrogen (secondary N) is 1. The summed E-state index contributed by atoms with van der Waals surface area (Å²) in [6, 6.07) is 6.72. The van der Waals surface area contributed by atoms with E-state index in [4.69, 9.17) is 0 Å². The van der Waals surface area contributed by atoms with Crippen molar-refractivity contribution in [3.63, 3.8) is 0 Å². The molecule has 82 valence electrons. The highest BCUT2D eigenvalue weighted by Gasteiger charge is 2.07. The molecule has 1 aromatic heterocycles. The first-order valence-electron chi connectivity index (χ1n) is 5.12. The van der Waals surface area contributed by atoms with E-state index in [2.05, 4.69) is 15.3 Å². The summed E-state index contributed by atoms with van der Waals surface area (Å²) in [4.78, 5) is 8.00. The fourth-order valence-corrected chi connectivity index (χ4v) is 1.48. The molecule has 3 nitrogen and oxygen atoms in total. The van der Waals surface area contributed by atoms with Gasteiger partial charge in [-0.05, 0) is 24.1 Å². The predicted octanol–water partition coefficient (Wildman–Crippen LogP) is 2.92. The van der Waals surface area contributed by atoms with E-state index < -0.39 is 0 Å². The molecule has 2 rings (SSSR count). The maximum atomic E-state index is 13.6. The molecule has 0 aliphatic carbocycles. The molecule has 0 amide bonds. The molecule has 1 heterocycles. The lowest BCUT2D eigenvalue weighted by atomic mass is 10.1. The minimum absolute atomic E-state index is 0.285. The van der Waals surface area contributed by atoms with E-state index >= 15 is 0 Å². The molecule has 0 aliphatic heterocycles. The largest absolute Gasteiger partial charge is 0.321 e. The van der Waals surface area contributed by atoms with Gasteiger partial charge in [0.25, 0.3) is 0 Å². The van der Waals surface area contributed by atoms with Crippen molar-refractivity contribution in [1.29, 1.82) is 0 Å². The third-order valence-corrected chi connectivity index (χ3v) is 2.28. The summed E-state index contributed by atoms with van der Waals surface area (Å²) in [5, 5.41) is 2.89. The number of hydrogen-bond acceptors (Lipinski definition) is 3. The van der Waals surface area contributed by atoms with Crippen LogP contribution in [0.3, 0.4) is 0 Å². The SMILES string of the molecule is CCc1cccc(F)c1Nc1ncccn1. The summed E-state index contributed by atoms with van der Waals surface area (Å²) in [5.74, 6) is 0.120. The van der Waals surface area contributed by atoms with E-state index in [1.54, 1.807) is 24.5 Å². The monoisotopic (exact) mass is 217 g/mol. The number of halogens is 1. The van der Waals surface area contributed by atoms with Crippen LogP contribution in [0.25, 0.3) is 0 Å². The molecule has 0 unspecified atom stereocenters. The number of para-hydroxylation sites is 1. The highest BCUT2D eigenvalue weighted by Crippen LogP contribution is 2.22. The van der Waals surface area contributed by atoms with Gasteiger partial charge < -0.3 is 5.32 Å². The summed E-state index contributed by atoms with van der Waals surface area (Å²) >= 11 is 0. The van der Waals surface area contributed by atoms with Gasteiger partial charge in [0.1, 0.15) is 5.82 Å². The van der Waals surface area contributed by atoms with Gasteiger partial charge in [0.05, 0.1) is 5.69 Å². The lowest BCUT2D eigenvalue weighted by molar-refractivity contribution is 0.630. The van der Waals surface area contributed by atoms with Crippen molar-refractivity contribution in [2.45, 2.75) is 13.3 Å². The molecule has 0 aliphatic rings. The molecule has 1 N–H and O–H groups in total. The Kier molecular flexibility index (Phi) is 3.10. The second kappa shape index (κ2) is 4.70. The summed E-state index contributed by atoms with van der Waals surface area (Å²) in [6.07, 6.45) is 3.98. The fraction of sp³-hybridized carbons (Fsp3) is 0.167. The van der Waals surface area contributed by atoms with Gasteiger partial charge in [-0.15, -0.1) is 0 Å². The molecule has 2 aromatic rings. The molecular formula is C12H12FN3. The Morgan fingerprint density at radius 2 is 1.94 bits per heavy atom. The average Bonchev–Trinajstić information content (AvgIpc) is 2.33. The number of aromatic nitrogens is 2. The summed E-state index contributed by atoms with van der Waals surface area (Å²) in [5.41, 5.74) is 1.36. The number of aryl methyl sites for hydroxylation is 1. The van der Waals surface area contributed by atoms with Gasteiger partial charge in [-0.25, -0.2) is 14.4 Å². The van der Waals surface area contributed by atoms with Crippen LogP contribution in [0.2, 0.25) is 0 Å². The van der Waals surface area contributed by atoms with Crippen LogP contribution in [0.15, 0.2) is 36.7 Å². The molecule has 4 heteroatoms. The maximum Gasteiger partial charge on any atom is 0.227 e. The number of hydrogen-bond donors (Lipinski definition) is 1. The quantitative estimate of drug-likeness (QED) is 0.859. The molecule has 0 spiro atoms. The van der Waals surface area contributed by atoms with Crippen LogP contribution >= 0.6 is 0 Å². The highest BCUT2D eigenvalue weighted by atomic mass is 19.1. The van der Waals surface area contributed by atoms with Crippen LogP contribution in [-0.4, -0.2) is 9.97 Å². The van der Waals surface area contributed by atoms with Crippen molar-refractivity contribution >= 4 is 11.6 Å². The van der Waals surface area contributed by atoms with Gasteiger partial charge in [0.2, 0.25) is 5.95 Å². The van der Waals surface area contributed by atoms with E-state index in [1.807, 2.05) is 13.0 Å². The maximum absolute atomic E-state index is 13.6. The Bertz CT molecular complexity index is 471. The summed E-state index contributed by atoms with van der Waals surface area (Å²) in [7, 11) is 0. The fourth-order valence-electron chi connectivity index (χ4n) is 1.48. The van der Waals surface area contributed by atoms with Crippen LogP contribution in [0, 0.1) is 5.82 Å². The number of anilines is 2. The summed E-state index contributed by atoms with van der Waals surface area (Å²) < 4.78 is 13.6. The smallest absolute Gasteiger partial charge is 0.227 e. The standard InChI is InChI=1S/C12H12FN3/c1-2-9-5-3-6-10(13)11(9)16-12-14-7-4-8-15-12/h3-8H,2H2,1H3,(H,14,15,16). The minimum Gasteiger partial charge on any atom is -0.321 e. The van der Waals surface area contributed by atoms with Crippen LogP contribution in [0.5, 0.6) is 0 Å². The van der Waals surface area contributed by atoms with E-state index in [1.165, 1.54) is 6.07 Å². The van der Waals surface area contributed by atoms with Gasteiger partial charge in [0, 0.05) is 12.4 Å². The predicted molar refractivity (Wildman–Crippen MR) is 61.1 cm³/mol. The Balaban J connectivity index is 2.34. The second-order valence-electron chi connectivity index (χ2n) is 3.32. The Morgan fingerprint density at radius 1 is 1.19 bits per heavy atom. The first kappa shape index (κ1) is 10.5. The molecule has 16 heavy (non-hydrogen) atoms. The van der Waals surface area contributed by atoms with E-state index in [-0.39, 0.29) is 5.82 Å². The first-order valence-corrected chi connectivity index (χ1v) is 5.12. The van der Waals surface area contributed by atoms with Gasteiger partial charge >= 0.3 is 0 Å². The minimum atomic E-state index is -0.285. The van der Waals surface area contributed by atoms with Crippen molar-refractivity contribution in [1.82, 2.24) is 9.97 Å². The lowest BCUT2D eigenvalue weighted by Gasteiger charge is -2.09. The van der Waals surface area contributed by atoms with Crippen molar-refractivity contribution in [3.8, 4) is 0 Å². The normalized spacial score (nSPS) is 10.1. The van der Waals surface area contributed by atoms with E-state index in [9.17, 15) is 4.39 Å². The van der Waals surface area contributed by atoms with Crippen LogP contribution in [-0.2, 0) is 6.42 Å². The lowest BCUT2D eigenvalue weighted by Crippen LogP contribution is -2.01. The van der Waals surface area contributed by atoms with E-state index in [0.29, 0.717) is 11.6 Å². The number of benzene rings is 1. The van der Waals surface area contributed by atoms with Crippen LogP contribution in [0.1, 0.15) is 12.5 Å². The zero-order valence-corrected chi connectivity index (χ0v) is 8.94. The van der Waals surface area contributed by atoms with Gasteiger partial charge in [-0.3, -0.25) is 0 Å². The first-order chi connectivity index (χ1) is 7.81. The van der Waals surface area contributed by atoms with Crippen molar-refractivity contribution < 1.29 is 4.39 Å². The van der Waals surface area contributed by atoms with Crippen molar-refractivity contribution in [3.05, 3.63) is 48.0 Å². The average molecular weight is 217 g/mol. The van der Waals surface area contributed by atoms with Crippen molar-refractivity contribution in [2.24, 2.45) is 0 Å². The van der Waals surface area contributed by atoms with Crippen LogP contribution < -0.4 is 5.32 Å². The third kappa shape index (κ3) is 2.16. The molecule has 0 radical (unpaired) electrons. The molecule has 0 saturated carbocycles. The number of rotatable bonds is 3. The summed E-state index contributed by atoms with van der Waals surface area (Å²) in [6.45, 7) is 1.98. The van der Waals surface area contributed by atoms with Gasteiger partial charge in [0.15, 0.2) is 0 Å². The molecule has 0 saturated heterocycles. The molecule has 0 fully saturated rings. The topological polar surface area (TPSA) is 37.8 Å². The zero-order valence-electron chi connectivity index (χ0n) is 8.94. The van der Waals surface area contributed by atoms with Crippen molar-refractivity contribution in [2.75, 3.05) is 5.32 Å². The Morgan fingerprint density at radius 3 is 2.62 bits per heavy atom. The third-order valence-electron chi connectivity index (χ3n) is 2.28. The zero-order chi connectivity index (χ0) is 11.4. The molecule has 0 bridgehead atoms. The molecular weight excluding hydrogens is 205 g/mol. The van der Waals surface area contributed by atoms with Gasteiger partial charge in [-0.2, -0.15) is 0 Å². The number of nitrogens with zero attached hydrogens (tertiary/aromatic N) is 2. The highest BCUT2D eigenvalue weighted by molar-refractivity contribution is 5.59. The molecule has 1 aromatic carbocycles. The Labute approximate surface area is 93.4 Å². The Hall–Kier alpha value is -1.97. The molecule has 0 atom stereocenters. The second-order valence-corrected chi connectivity index (χ2v) is 3.32.